The molecule has 1 amide bonds. The zero-order valence-electron chi connectivity index (χ0n) is 9.47. The number of primary amides is 1. The van der Waals surface area contributed by atoms with Crippen LogP contribution >= 0.6 is 0 Å². The van der Waals surface area contributed by atoms with Crippen molar-refractivity contribution in [3.63, 3.8) is 0 Å². The van der Waals surface area contributed by atoms with Gasteiger partial charge in [0.2, 0.25) is 11.7 Å². The Bertz CT molecular complexity index is 434. The molecule has 7 heteroatoms. The highest BCUT2D eigenvalue weighted by molar-refractivity contribution is 5.73. The fourth-order valence-corrected chi connectivity index (χ4v) is 1.30. The zero-order chi connectivity index (χ0) is 12.8. The van der Waals surface area contributed by atoms with Crippen molar-refractivity contribution < 1.29 is 9.72 Å². The molecule has 0 radical (unpaired) electrons. The van der Waals surface area contributed by atoms with Gasteiger partial charge in [-0.05, 0) is 19.4 Å². The fourth-order valence-electron chi connectivity index (χ4n) is 1.30. The van der Waals surface area contributed by atoms with Crippen molar-refractivity contribution >= 4 is 17.4 Å². The second-order valence-electron chi connectivity index (χ2n) is 3.57. The Morgan fingerprint density at radius 3 is 2.88 bits per heavy atom. The van der Waals surface area contributed by atoms with Gasteiger partial charge in [0.25, 0.3) is 0 Å². The Labute approximate surface area is 98.2 Å². The number of anilines is 1. The summed E-state index contributed by atoms with van der Waals surface area (Å²) in [5.74, 6) is -0.169. The first kappa shape index (κ1) is 12.9. The number of carbonyl (C=O) groups excluding carboxylic acids is 1. The molecule has 1 aromatic heterocycles. The number of aryl methyl sites for hydroxylation is 1. The normalized spacial score (nSPS) is 9.94. The van der Waals surface area contributed by atoms with Gasteiger partial charge in [0, 0.05) is 24.7 Å². The monoisotopic (exact) mass is 238 g/mol. The maximum atomic E-state index is 10.7. The molecule has 0 aliphatic heterocycles. The number of hydrogen-bond donors (Lipinski definition) is 2. The SMILES string of the molecule is Cc1ccc([N+](=O)[O-])c(NCCCC(N)=O)n1. The van der Waals surface area contributed by atoms with E-state index in [0.29, 0.717) is 18.7 Å². The Morgan fingerprint density at radius 2 is 2.29 bits per heavy atom. The van der Waals surface area contributed by atoms with E-state index in [9.17, 15) is 14.9 Å². The van der Waals surface area contributed by atoms with Gasteiger partial charge in [-0.15, -0.1) is 0 Å². The smallest absolute Gasteiger partial charge is 0.311 e. The number of rotatable bonds is 6. The van der Waals surface area contributed by atoms with Crippen LogP contribution in [0.25, 0.3) is 0 Å². The minimum absolute atomic E-state index is 0.0744. The molecule has 0 saturated heterocycles. The van der Waals surface area contributed by atoms with Crippen LogP contribution in [0.1, 0.15) is 18.5 Å². The largest absolute Gasteiger partial charge is 0.370 e. The van der Waals surface area contributed by atoms with E-state index in [1.807, 2.05) is 0 Å². The average Bonchev–Trinajstić information content (AvgIpc) is 2.23. The third-order valence-electron chi connectivity index (χ3n) is 2.10. The van der Waals surface area contributed by atoms with Crippen LogP contribution in [0.2, 0.25) is 0 Å². The summed E-state index contributed by atoms with van der Waals surface area (Å²) in [6.07, 6.45) is 0.759. The first-order valence-electron chi connectivity index (χ1n) is 5.15. The molecule has 0 aliphatic carbocycles. The molecular formula is C10H14N4O3. The van der Waals surface area contributed by atoms with E-state index in [1.165, 1.54) is 6.07 Å². The molecule has 7 nitrogen and oxygen atoms in total. The topological polar surface area (TPSA) is 111 Å². The van der Waals surface area contributed by atoms with Crippen LogP contribution in [0.5, 0.6) is 0 Å². The van der Waals surface area contributed by atoms with E-state index in [4.69, 9.17) is 5.73 Å². The third kappa shape index (κ3) is 4.06. The molecule has 0 fully saturated rings. The van der Waals surface area contributed by atoms with Gasteiger partial charge in [0.15, 0.2) is 0 Å². The number of carbonyl (C=O) groups is 1. The summed E-state index contributed by atoms with van der Waals surface area (Å²) in [5.41, 5.74) is 5.60. The van der Waals surface area contributed by atoms with E-state index < -0.39 is 10.8 Å². The Hall–Kier alpha value is -2.18. The van der Waals surface area contributed by atoms with Crippen LogP contribution in [-0.4, -0.2) is 22.4 Å². The number of hydrogen-bond acceptors (Lipinski definition) is 5. The summed E-state index contributed by atoms with van der Waals surface area (Å²) in [6.45, 7) is 2.17. The van der Waals surface area contributed by atoms with Crippen molar-refractivity contribution in [3.05, 3.63) is 27.9 Å². The molecule has 0 atom stereocenters. The predicted molar refractivity (Wildman–Crippen MR) is 62.5 cm³/mol. The lowest BCUT2D eigenvalue weighted by atomic mass is 10.3. The molecule has 92 valence electrons. The lowest BCUT2D eigenvalue weighted by Gasteiger charge is -2.06. The number of pyridine rings is 1. The molecule has 3 N–H and O–H groups in total. The summed E-state index contributed by atoms with van der Waals surface area (Å²) in [7, 11) is 0. The average molecular weight is 238 g/mol. The van der Waals surface area contributed by atoms with Crippen molar-refractivity contribution in [3.8, 4) is 0 Å². The van der Waals surface area contributed by atoms with Gasteiger partial charge >= 0.3 is 5.69 Å². The van der Waals surface area contributed by atoms with E-state index >= 15 is 0 Å². The van der Waals surface area contributed by atoms with Crippen LogP contribution in [0.15, 0.2) is 12.1 Å². The molecule has 0 bridgehead atoms. The number of nitrogens with one attached hydrogen (secondary N) is 1. The van der Waals surface area contributed by atoms with E-state index in [1.54, 1.807) is 13.0 Å². The lowest BCUT2D eigenvalue weighted by Crippen LogP contribution is -2.13. The van der Waals surface area contributed by atoms with E-state index in [0.717, 1.165) is 0 Å². The molecule has 17 heavy (non-hydrogen) atoms. The number of nitrogens with two attached hydrogens (primary N) is 1. The summed E-state index contributed by atoms with van der Waals surface area (Å²) in [6, 6.07) is 2.98. The maximum Gasteiger partial charge on any atom is 0.311 e. The van der Waals surface area contributed by atoms with Crippen molar-refractivity contribution in [2.75, 3.05) is 11.9 Å². The second-order valence-corrected chi connectivity index (χ2v) is 3.57. The summed E-state index contributed by atoms with van der Waals surface area (Å²) in [4.78, 5) is 24.8. The fraction of sp³-hybridized carbons (Fsp3) is 0.400. The predicted octanol–water partition coefficient (Wildman–Crippen LogP) is 0.976. The van der Waals surface area contributed by atoms with E-state index in [2.05, 4.69) is 10.3 Å². The first-order valence-corrected chi connectivity index (χ1v) is 5.15. The Morgan fingerprint density at radius 1 is 1.59 bits per heavy atom. The standard InChI is InChI=1S/C10H14N4O3/c1-7-4-5-8(14(16)17)10(13-7)12-6-2-3-9(11)15/h4-5H,2-3,6H2,1H3,(H2,11,15)(H,12,13). The number of amides is 1. The van der Waals surface area contributed by atoms with Crippen LogP contribution in [0.3, 0.4) is 0 Å². The molecular weight excluding hydrogens is 224 g/mol. The highest BCUT2D eigenvalue weighted by Crippen LogP contribution is 2.21. The van der Waals surface area contributed by atoms with Crippen LogP contribution < -0.4 is 11.1 Å². The highest BCUT2D eigenvalue weighted by Gasteiger charge is 2.14. The molecule has 0 unspecified atom stereocenters. The van der Waals surface area contributed by atoms with Crippen LogP contribution in [0.4, 0.5) is 11.5 Å². The summed E-state index contributed by atoms with van der Waals surface area (Å²) in [5, 5.41) is 13.6. The van der Waals surface area contributed by atoms with Crippen LogP contribution in [-0.2, 0) is 4.79 Å². The van der Waals surface area contributed by atoms with Crippen molar-refractivity contribution in [1.29, 1.82) is 0 Å². The quantitative estimate of drug-likeness (QED) is 0.436. The first-order chi connectivity index (χ1) is 8.00. The van der Waals surface area contributed by atoms with Gasteiger partial charge in [0.1, 0.15) is 0 Å². The lowest BCUT2D eigenvalue weighted by molar-refractivity contribution is -0.384. The maximum absolute atomic E-state index is 10.7. The molecule has 0 aliphatic rings. The van der Waals surface area contributed by atoms with Gasteiger partial charge < -0.3 is 11.1 Å². The molecule has 0 spiro atoms. The summed E-state index contributed by atoms with van der Waals surface area (Å²) < 4.78 is 0. The van der Waals surface area contributed by atoms with E-state index in [-0.39, 0.29) is 17.9 Å². The van der Waals surface area contributed by atoms with Gasteiger partial charge in [0.05, 0.1) is 4.92 Å². The molecule has 0 aromatic carbocycles. The zero-order valence-corrected chi connectivity index (χ0v) is 9.47. The highest BCUT2D eigenvalue weighted by atomic mass is 16.6. The van der Waals surface area contributed by atoms with Crippen molar-refractivity contribution in [1.82, 2.24) is 4.98 Å². The van der Waals surface area contributed by atoms with Gasteiger partial charge in [-0.1, -0.05) is 0 Å². The number of nitro groups is 1. The van der Waals surface area contributed by atoms with Crippen molar-refractivity contribution in [2.45, 2.75) is 19.8 Å². The second kappa shape index (κ2) is 5.78. The molecule has 1 heterocycles. The number of aromatic nitrogens is 1. The van der Waals surface area contributed by atoms with Crippen LogP contribution in [0, 0.1) is 17.0 Å². The van der Waals surface area contributed by atoms with Gasteiger partial charge in [-0.2, -0.15) is 0 Å². The Balaban J connectivity index is 2.65. The molecule has 0 saturated carbocycles. The summed E-state index contributed by atoms with van der Waals surface area (Å²) >= 11 is 0. The van der Waals surface area contributed by atoms with Crippen molar-refractivity contribution in [2.24, 2.45) is 5.73 Å². The minimum Gasteiger partial charge on any atom is -0.370 e. The minimum atomic E-state index is -0.497. The molecule has 1 rings (SSSR count). The Kier molecular flexibility index (Phi) is 4.38. The third-order valence-corrected chi connectivity index (χ3v) is 2.10. The van der Waals surface area contributed by atoms with Gasteiger partial charge in [-0.3, -0.25) is 14.9 Å². The number of nitrogens with zero attached hydrogens (tertiary/aromatic N) is 2. The molecule has 1 aromatic rings. The van der Waals surface area contributed by atoms with Gasteiger partial charge in [-0.25, -0.2) is 4.98 Å².